The van der Waals surface area contributed by atoms with Gasteiger partial charge in [-0.2, -0.15) is 0 Å². The highest BCUT2D eigenvalue weighted by Gasteiger charge is 2.48. The Morgan fingerprint density at radius 3 is 2.88 bits per heavy atom. The van der Waals surface area contributed by atoms with Crippen LogP contribution in [0.5, 0.6) is 0 Å². The van der Waals surface area contributed by atoms with Crippen molar-refractivity contribution in [2.24, 2.45) is 5.41 Å². The van der Waals surface area contributed by atoms with E-state index in [1.54, 1.807) is 0 Å². The van der Waals surface area contributed by atoms with E-state index in [4.69, 9.17) is 0 Å². The van der Waals surface area contributed by atoms with Crippen LogP contribution >= 0.6 is 11.3 Å². The molecule has 1 aromatic heterocycles. The van der Waals surface area contributed by atoms with E-state index in [0.29, 0.717) is 17.4 Å². The Morgan fingerprint density at radius 1 is 1.62 bits per heavy atom. The topological polar surface area (TPSA) is 24.9 Å². The van der Waals surface area contributed by atoms with Gasteiger partial charge in [0.05, 0.1) is 5.01 Å². The van der Waals surface area contributed by atoms with Gasteiger partial charge in [0, 0.05) is 23.0 Å². The van der Waals surface area contributed by atoms with Crippen LogP contribution in [0.3, 0.4) is 0 Å². The van der Waals surface area contributed by atoms with Gasteiger partial charge in [0.1, 0.15) is 0 Å². The predicted octanol–water partition coefficient (Wildman–Crippen LogP) is 3.72. The lowest BCUT2D eigenvalue weighted by Crippen LogP contribution is -2.18. The normalized spacial score (nSPS) is 24.4. The van der Waals surface area contributed by atoms with Crippen molar-refractivity contribution < 1.29 is 0 Å². The van der Waals surface area contributed by atoms with Crippen LogP contribution in [0.25, 0.3) is 0 Å². The van der Waals surface area contributed by atoms with Crippen molar-refractivity contribution in [3.63, 3.8) is 0 Å². The lowest BCUT2D eigenvalue weighted by molar-refractivity contribution is 0.577. The Kier molecular flexibility index (Phi) is 3.36. The van der Waals surface area contributed by atoms with Gasteiger partial charge in [-0.15, -0.1) is 11.3 Å². The highest BCUT2D eigenvalue weighted by molar-refractivity contribution is 7.11. The van der Waals surface area contributed by atoms with E-state index in [1.165, 1.54) is 22.7 Å². The zero-order valence-electron chi connectivity index (χ0n) is 10.7. The van der Waals surface area contributed by atoms with Crippen LogP contribution in [-0.4, -0.2) is 11.5 Å². The highest BCUT2D eigenvalue weighted by Crippen LogP contribution is 2.59. The Morgan fingerprint density at radius 2 is 2.31 bits per heavy atom. The molecule has 0 spiro atoms. The van der Waals surface area contributed by atoms with Gasteiger partial charge in [-0.05, 0) is 31.7 Å². The Labute approximate surface area is 102 Å². The Hall–Kier alpha value is -0.410. The van der Waals surface area contributed by atoms with Crippen LogP contribution in [0.1, 0.15) is 62.4 Å². The van der Waals surface area contributed by atoms with Crippen LogP contribution in [-0.2, 0) is 0 Å². The number of hydrogen-bond acceptors (Lipinski definition) is 3. The molecule has 1 aliphatic carbocycles. The number of nitrogens with one attached hydrogen (secondary N) is 1. The van der Waals surface area contributed by atoms with Crippen LogP contribution in [0.4, 0.5) is 0 Å². The number of hydrogen-bond donors (Lipinski definition) is 1. The van der Waals surface area contributed by atoms with Gasteiger partial charge in [0.25, 0.3) is 0 Å². The minimum Gasteiger partial charge on any atom is -0.309 e. The largest absolute Gasteiger partial charge is 0.309 e. The number of aromatic nitrogens is 1. The van der Waals surface area contributed by atoms with Gasteiger partial charge in [0.15, 0.2) is 0 Å². The standard InChI is InChI=1S/C13H22N2S/c1-5-6-14-9(2)11-8-15-12(16-11)10-7-13(10,3)4/h8-10,14H,5-7H2,1-4H3. The molecule has 0 amide bonds. The van der Waals surface area contributed by atoms with E-state index >= 15 is 0 Å². The summed E-state index contributed by atoms with van der Waals surface area (Å²) in [6.07, 6.45) is 4.55. The van der Waals surface area contributed by atoms with Gasteiger partial charge in [0.2, 0.25) is 0 Å². The van der Waals surface area contributed by atoms with E-state index in [1.807, 2.05) is 11.3 Å². The van der Waals surface area contributed by atoms with Crippen molar-refractivity contribution in [3.8, 4) is 0 Å². The third-order valence-electron chi connectivity index (χ3n) is 3.48. The summed E-state index contributed by atoms with van der Waals surface area (Å²) in [7, 11) is 0. The van der Waals surface area contributed by atoms with Crippen LogP contribution in [0.15, 0.2) is 6.20 Å². The lowest BCUT2D eigenvalue weighted by Gasteiger charge is -2.09. The van der Waals surface area contributed by atoms with Crippen molar-refractivity contribution in [2.45, 2.75) is 52.5 Å². The highest BCUT2D eigenvalue weighted by atomic mass is 32.1. The van der Waals surface area contributed by atoms with Crippen LogP contribution in [0.2, 0.25) is 0 Å². The molecule has 1 saturated carbocycles. The molecule has 1 N–H and O–H groups in total. The van der Waals surface area contributed by atoms with E-state index in [9.17, 15) is 0 Å². The fraction of sp³-hybridized carbons (Fsp3) is 0.769. The lowest BCUT2D eigenvalue weighted by atomic mass is 10.1. The summed E-state index contributed by atoms with van der Waals surface area (Å²) in [6.45, 7) is 10.2. The second-order valence-electron chi connectivity index (χ2n) is 5.52. The third-order valence-corrected chi connectivity index (χ3v) is 4.77. The SMILES string of the molecule is CCCNC(C)c1cnc(C2CC2(C)C)s1. The van der Waals surface area contributed by atoms with E-state index in [-0.39, 0.29) is 0 Å². The van der Waals surface area contributed by atoms with Crippen LogP contribution in [0, 0.1) is 5.41 Å². The first-order valence-electron chi connectivity index (χ1n) is 6.23. The van der Waals surface area contributed by atoms with Crippen molar-refractivity contribution >= 4 is 11.3 Å². The molecule has 2 atom stereocenters. The summed E-state index contributed by atoms with van der Waals surface area (Å²) < 4.78 is 0. The quantitative estimate of drug-likeness (QED) is 0.845. The zero-order chi connectivity index (χ0) is 11.8. The molecule has 1 aliphatic rings. The predicted molar refractivity (Wildman–Crippen MR) is 70.0 cm³/mol. The van der Waals surface area contributed by atoms with E-state index in [2.05, 4.69) is 44.2 Å². The van der Waals surface area contributed by atoms with Crippen molar-refractivity contribution in [3.05, 3.63) is 16.1 Å². The van der Waals surface area contributed by atoms with E-state index < -0.39 is 0 Å². The summed E-state index contributed by atoms with van der Waals surface area (Å²) >= 11 is 1.89. The maximum Gasteiger partial charge on any atom is 0.0964 e. The third kappa shape index (κ3) is 2.46. The first-order chi connectivity index (χ1) is 7.54. The molecule has 0 aromatic carbocycles. The van der Waals surface area contributed by atoms with Crippen molar-refractivity contribution in [2.75, 3.05) is 6.54 Å². The first kappa shape index (κ1) is 12.1. The molecule has 1 heterocycles. The first-order valence-corrected chi connectivity index (χ1v) is 7.05. The molecule has 0 radical (unpaired) electrons. The fourth-order valence-electron chi connectivity index (χ4n) is 2.01. The summed E-state index contributed by atoms with van der Waals surface area (Å²) in [6, 6.07) is 0.452. The minimum absolute atomic E-state index is 0.452. The molecular weight excluding hydrogens is 216 g/mol. The Bertz CT molecular complexity index is 357. The molecule has 1 aromatic rings. The second-order valence-corrected chi connectivity index (χ2v) is 6.62. The summed E-state index contributed by atoms with van der Waals surface area (Å²) in [5.41, 5.74) is 0.495. The maximum absolute atomic E-state index is 4.58. The summed E-state index contributed by atoms with van der Waals surface area (Å²) in [4.78, 5) is 5.96. The van der Waals surface area contributed by atoms with Gasteiger partial charge in [-0.25, -0.2) is 4.98 Å². The molecule has 3 heteroatoms. The molecule has 2 rings (SSSR count). The molecule has 0 saturated heterocycles. The zero-order valence-corrected chi connectivity index (χ0v) is 11.5. The van der Waals surface area contributed by atoms with Crippen LogP contribution < -0.4 is 5.32 Å². The fourth-order valence-corrected chi connectivity index (χ4v) is 3.27. The smallest absolute Gasteiger partial charge is 0.0964 e. The molecule has 90 valence electrons. The van der Waals surface area contributed by atoms with Gasteiger partial charge < -0.3 is 5.32 Å². The van der Waals surface area contributed by atoms with Gasteiger partial charge in [-0.3, -0.25) is 0 Å². The monoisotopic (exact) mass is 238 g/mol. The van der Waals surface area contributed by atoms with Gasteiger partial charge in [-0.1, -0.05) is 20.8 Å². The molecule has 0 aliphatic heterocycles. The average molecular weight is 238 g/mol. The summed E-state index contributed by atoms with van der Waals surface area (Å²) in [5, 5.41) is 4.85. The molecule has 2 nitrogen and oxygen atoms in total. The molecule has 2 unspecified atom stereocenters. The van der Waals surface area contributed by atoms with Gasteiger partial charge >= 0.3 is 0 Å². The van der Waals surface area contributed by atoms with Crippen molar-refractivity contribution in [1.82, 2.24) is 10.3 Å². The molecule has 0 bridgehead atoms. The minimum atomic E-state index is 0.452. The maximum atomic E-state index is 4.58. The Balaban J connectivity index is 1.97. The molecule has 16 heavy (non-hydrogen) atoms. The molecular formula is C13H22N2S. The second kappa shape index (κ2) is 4.46. The number of nitrogens with zero attached hydrogens (tertiary/aromatic N) is 1. The number of rotatable bonds is 5. The van der Waals surface area contributed by atoms with Crippen molar-refractivity contribution in [1.29, 1.82) is 0 Å². The van der Waals surface area contributed by atoms with E-state index in [0.717, 1.165) is 6.54 Å². The molecule has 1 fully saturated rings. The number of thiazole rings is 1. The summed E-state index contributed by atoms with van der Waals surface area (Å²) in [5.74, 6) is 0.713. The average Bonchev–Trinajstić information content (AvgIpc) is 2.67.